The molecule has 0 radical (unpaired) electrons. The highest BCUT2D eigenvalue weighted by Gasteiger charge is 2.14. The lowest BCUT2D eigenvalue weighted by atomic mass is 9.99. The van der Waals surface area contributed by atoms with Gasteiger partial charge in [0.2, 0.25) is 5.75 Å². The molecule has 24 heavy (non-hydrogen) atoms. The summed E-state index contributed by atoms with van der Waals surface area (Å²) in [5.74, 6) is 2.74. The van der Waals surface area contributed by atoms with Gasteiger partial charge in [0.1, 0.15) is 5.75 Å². The monoisotopic (exact) mass is 331 g/mol. The number of hydrogen-bond acceptors (Lipinski definition) is 5. The fourth-order valence-electron chi connectivity index (χ4n) is 2.62. The second-order valence-electron chi connectivity index (χ2n) is 5.45. The zero-order valence-electron chi connectivity index (χ0n) is 14.7. The third kappa shape index (κ3) is 4.11. The van der Waals surface area contributed by atoms with Gasteiger partial charge in [0, 0.05) is 6.04 Å². The first-order chi connectivity index (χ1) is 11.6. The van der Waals surface area contributed by atoms with E-state index in [1.165, 1.54) is 0 Å². The average molecular weight is 331 g/mol. The van der Waals surface area contributed by atoms with Gasteiger partial charge in [-0.2, -0.15) is 0 Å². The van der Waals surface area contributed by atoms with Crippen LogP contribution < -0.4 is 24.7 Å². The van der Waals surface area contributed by atoms with E-state index in [0.29, 0.717) is 17.2 Å². The lowest BCUT2D eigenvalue weighted by Gasteiger charge is -2.16. The Morgan fingerprint density at radius 1 is 0.833 bits per heavy atom. The second-order valence-corrected chi connectivity index (χ2v) is 5.45. The van der Waals surface area contributed by atoms with Crippen molar-refractivity contribution in [2.75, 3.05) is 28.4 Å². The Labute approximate surface area is 143 Å². The van der Waals surface area contributed by atoms with Crippen molar-refractivity contribution in [3.63, 3.8) is 0 Å². The van der Waals surface area contributed by atoms with Gasteiger partial charge in [0.15, 0.2) is 11.5 Å². The summed E-state index contributed by atoms with van der Waals surface area (Å²) in [5, 5.41) is 0. The molecule has 0 aromatic heterocycles. The zero-order valence-corrected chi connectivity index (χ0v) is 14.7. The molecule has 5 nitrogen and oxygen atoms in total. The van der Waals surface area contributed by atoms with Crippen molar-refractivity contribution in [1.29, 1.82) is 0 Å². The van der Waals surface area contributed by atoms with Gasteiger partial charge in [-0.05, 0) is 48.2 Å². The van der Waals surface area contributed by atoms with E-state index in [2.05, 4.69) is 0 Å². The van der Waals surface area contributed by atoms with Crippen molar-refractivity contribution >= 4 is 0 Å². The van der Waals surface area contributed by atoms with Crippen LogP contribution >= 0.6 is 0 Å². The molecule has 2 N–H and O–H groups in total. The molecule has 0 unspecified atom stereocenters. The first kappa shape index (κ1) is 17.9. The van der Waals surface area contributed by atoms with Gasteiger partial charge < -0.3 is 24.7 Å². The van der Waals surface area contributed by atoms with E-state index in [-0.39, 0.29) is 6.04 Å². The molecule has 0 spiro atoms. The minimum Gasteiger partial charge on any atom is -0.497 e. The highest BCUT2D eigenvalue weighted by atomic mass is 16.5. The summed E-state index contributed by atoms with van der Waals surface area (Å²) < 4.78 is 21.3. The summed E-state index contributed by atoms with van der Waals surface area (Å²) in [6.07, 6.45) is 1.62. The smallest absolute Gasteiger partial charge is 0.203 e. The van der Waals surface area contributed by atoms with Crippen LogP contribution in [-0.4, -0.2) is 28.4 Å². The third-order valence-electron chi connectivity index (χ3n) is 4.01. The molecule has 2 aromatic rings. The summed E-state index contributed by atoms with van der Waals surface area (Å²) >= 11 is 0. The normalized spacial score (nSPS) is 11.7. The number of benzene rings is 2. The van der Waals surface area contributed by atoms with Gasteiger partial charge in [0.25, 0.3) is 0 Å². The second kappa shape index (κ2) is 8.45. The van der Waals surface area contributed by atoms with E-state index in [1.807, 2.05) is 36.4 Å². The van der Waals surface area contributed by atoms with Gasteiger partial charge in [-0.15, -0.1) is 0 Å². The Kier molecular flexibility index (Phi) is 6.32. The third-order valence-corrected chi connectivity index (χ3v) is 4.01. The molecule has 5 heteroatoms. The molecule has 0 heterocycles. The van der Waals surface area contributed by atoms with Crippen LogP contribution in [0.4, 0.5) is 0 Å². The van der Waals surface area contributed by atoms with Crippen LogP contribution in [0.15, 0.2) is 36.4 Å². The quantitative estimate of drug-likeness (QED) is 0.803. The molecule has 2 rings (SSSR count). The van der Waals surface area contributed by atoms with Crippen molar-refractivity contribution < 1.29 is 18.9 Å². The minimum atomic E-state index is -0.0463. The molecule has 0 aliphatic rings. The molecule has 0 amide bonds. The lowest BCUT2D eigenvalue weighted by molar-refractivity contribution is 0.323. The van der Waals surface area contributed by atoms with Crippen LogP contribution in [-0.2, 0) is 6.42 Å². The molecule has 0 fully saturated rings. The van der Waals surface area contributed by atoms with Crippen molar-refractivity contribution in [3.8, 4) is 23.0 Å². The fourth-order valence-corrected chi connectivity index (χ4v) is 2.62. The summed E-state index contributed by atoms with van der Waals surface area (Å²) in [5.41, 5.74) is 8.48. The highest BCUT2D eigenvalue weighted by molar-refractivity contribution is 5.53. The Bertz CT molecular complexity index is 630. The molecule has 0 aliphatic heterocycles. The van der Waals surface area contributed by atoms with E-state index in [9.17, 15) is 0 Å². The molecule has 2 aromatic carbocycles. The van der Waals surface area contributed by atoms with Gasteiger partial charge in [-0.25, -0.2) is 0 Å². The van der Waals surface area contributed by atoms with Crippen molar-refractivity contribution in [2.45, 2.75) is 18.9 Å². The standard InChI is InChI=1S/C19H25NO4/c1-21-15-8-6-14(7-9-15)16(20)10-5-13-11-17(22-2)19(24-4)18(12-13)23-3/h6-9,11-12,16H,5,10,20H2,1-4H3/t16-/m1/s1. The number of nitrogens with two attached hydrogens (primary N) is 1. The molecule has 0 bridgehead atoms. The molecule has 0 saturated heterocycles. The van der Waals surface area contributed by atoms with Gasteiger partial charge in [-0.3, -0.25) is 0 Å². The highest BCUT2D eigenvalue weighted by Crippen LogP contribution is 2.38. The minimum absolute atomic E-state index is 0.0463. The summed E-state index contributed by atoms with van der Waals surface area (Å²) in [6, 6.07) is 11.7. The van der Waals surface area contributed by atoms with Crippen LogP contribution in [0.3, 0.4) is 0 Å². The van der Waals surface area contributed by atoms with Crippen LogP contribution in [0.25, 0.3) is 0 Å². The predicted molar refractivity (Wildman–Crippen MR) is 94.3 cm³/mol. The predicted octanol–water partition coefficient (Wildman–Crippen LogP) is 3.35. The zero-order chi connectivity index (χ0) is 17.5. The summed E-state index contributed by atoms with van der Waals surface area (Å²) in [7, 11) is 6.48. The molecule has 0 aliphatic carbocycles. The van der Waals surface area contributed by atoms with Crippen molar-refractivity contribution in [3.05, 3.63) is 47.5 Å². The Morgan fingerprint density at radius 3 is 1.88 bits per heavy atom. The topological polar surface area (TPSA) is 62.9 Å². The maximum Gasteiger partial charge on any atom is 0.203 e. The largest absolute Gasteiger partial charge is 0.497 e. The van der Waals surface area contributed by atoms with Gasteiger partial charge in [0.05, 0.1) is 28.4 Å². The Hall–Kier alpha value is -2.40. The summed E-state index contributed by atoms with van der Waals surface area (Å²) in [4.78, 5) is 0. The van der Waals surface area contributed by atoms with E-state index in [0.717, 1.165) is 29.7 Å². The van der Waals surface area contributed by atoms with Crippen LogP contribution in [0.5, 0.6) is 23.0 Å². The SMILES string of the molecule is COc1ccc([C@H](N)CCc2cc(OC)c(OC)c(OC)c2)cc1. The van der Waals surface area contributed by atoms with E-state index in [1.54, 1.807) is 28.4 Å². The first-order valence-corrected chi connectivity index (χ1v) is 7.81. The van der Waals surface area contributed by atoms with E-state index < -0.39 is 0 Å². The van der Waals surface area contributed by atoms with E-state index >= 15 is 0 Å². The van der Waals surface area contributed by atoms with Crippen molar-refractivity contribution in [2.24, 2.45) is 5.73 Å². The van der Waals surface area contributed by atoms with Crippen LogP contribution in [0.1, 0.15) is 23.6 Å². The molecular formula is C19H25NO4. The number of hydrogen-bond donors (Lipinski definition) is 1. The molecule has 0 saturated carbocycles. The fraction of sp³-hybridized carbons (Fsp3) is 0.368. The molecule has 130 valence electrons. The number of rotatable bonds is 8. The lowest BCUT2D eigenvalue weighted by Crippen LogP contribution is -2.11. The van der Waals surface area contributed by atoms with E-state index in [4.69, 9.17) is 24.7 Å². The maximum absolute atomic E-state index is 6.30. The van der Waals surface area contributed by atoms with Crippen LogP contribution in [0.2, 0.25) is 0 Å². The van der Waals surface area contributed by atoms with Gasteiger partial charge in [-0.1, -0.05) is 12.1 Å². The Morgan fingerprint density at radius 2 is 1.42 bits per heavy atom. The van der Waals surface area contributed by atoms with Crippen molar-refractivity contribution in [1.82, 2.24) is 0 Å². The molecule has 1 atom stereocenters. The Balaban J connectivity index is 2.10. The number of methoxy groups -OCH3 is 4. The molecular weight excluding hydrogens is 306 g/mol. The van der Waals surface area contributed by atoms with Gasteiger partial charge >= 0.3 is 0 Å². The first-order valence-electron chi connectivity index (χ1n) is 7.81. The van der Waals surface area contributed by atoms with Crippen LogP contribution in [0, 0.1) is 0 Å². The number of ether oxygens (including phenoxy) is 4. The summed E-state index contributed by atoms with van der Waals surface area (Å²) in [6.45, 7) is 0. The maximum atomic E-state index is 6.30. The number of aryl methyl sites for hydroxylation is 1. The average Bonchev–Trinajstić information content (AvgIpc) is 2.65.